The lowest BCUT2D eigenvalue weighted by atomic mass is 9.95. The molecule has 6 heterocycles. The highest BCUT2D eigenvalue weighted by atomic mass is 16.5. The Labute approximate surface area is 408 Å². The maximum atomic E-state index is 13.9. The van der Waals surface area contributed by atoms with Gasteiger partial charge in [-0.05, 0) is 104 Å². The average molecular weight is 954 g/mol. The number of H-pyrrole nitrogens is 1. The third kappa shape index (κ3) is 9.40. The van der Waals surface area contributed by atoms with Crippen LogP contribution in [0.1, 0.15) is 81.8 Å². The van der Waals surface area contributed by atoms with Crippen molar-refractivity contribution in [1.29, 1.82) is 0 Å². The molecule has 9 rings (SSSR count). The summed E-state index contributed by atoms with van der Waals surface area (Å²) in [6.45, 7) is 9.25. The van der Waals surface area contributed by atoms with Crippen molar-refractivity contribution >= 4 is 46.8 Å². The van der Waals surface area contributed by atoms with Crippen molar-refractivity contribution in [2.45, 2.75) is 97.2 Å². The molecule has 5 atom stereocenters. The average Bonchev–Trinajstić information content (AvgIpc) is 4.24. The molecule has 368 valence electrons. The molecule has 4 amide bonds. The fraction of sp³-hybridized carbons (Fsp3) is 0.434. The summed E-state index contributed by atoms with van der Waals surface area (Å²) in [7, 11) is 4.25. The number of aliphatic imine (C=N–C) groups is 1. The monoisotopic (exact) mass is 953 g/mol. The zero-order chi connectivity index (χ0) is 49.2. The van der Waals surface area contributed by atoms with Gasteiger partial charge in [0.15, 0.2) is 6.73 Å². The van der Waals surface area contributed by atoms with Gasteiger partial charge in [0.1, 0.15) is 29.5 Å². The van der Waals surface area contributed by atoms with E-state index in [9.17, 15) is 19.2 Å². The number of hydrogen-bond donors (Lipinski definition) is 4. The number of imidazole rings is 1. The van der Waals surface area contributed by atoms with Crippen LogP contribution < -0.4 is 25.4 Å². The van der Waals surface area contributed by atoms with E-state index in [1.54, 1.807) is 7.11 Å². The number of rotatable bonds is 14. The first-order valence-electron chi connectivity index (χ1n) is 24.3. The van der Waals surface area contributed by atoms with Crippen LogP contribution in [-0.2, 0) is 38.6 Å². The van der Waals surface area contributed by atoms with Gasteiger partial charge in [0, 0.05) is 47.6 Å². The first-order valence-corrected chi connectivity index (χ1v) is 24.3. The topological polar surface area (TPSA) is 194 Å². The zero-order valence-electron chi connectivity index (χ0n) is 40.9. The summed E-state index contributed by atoms with van der Waals surface area (Å²) < 4.78 is 23.9. The normalized spacial score (nSPS) is 19.3. The molecule has 4 aliphatic heterocycles. The number of nitrogens with zero attached hydrogens (tertiary/aromatic N) is 5. The molecule has 2 saturated heterocycles. The number of carbonyl (C=O) groups excluding carboxylic acids is 4. The van der Waals surface area contributed by atoms with E-state index in [-0.39, 0.29) is 41.9 Å². The van der Waals surface area contributed by atoms with E-state index >= 15 is 0 Å². The van der Waals surface area contributed by atoms with E-state index in [0.29, 0.717) is 25.6 Å². The summed E-state index contributed by atoms with van der Waals surface area (Å²) in [6.07, 6.45) is 8.49. The molecule has 4 N–H and O–H groups in total. The molecule has 3 aromatic carbocycles. The van der Waals surface area contributed by atoms with Crippen LogP contribution in [0.3, 0.4) is 0 Å². The number of aromatic nitrogens is 3. The van der Waals surface area contributed by atoms with Gasteiger partial charge in [0.25, 0.3) is 0 Å². The van der Waals surface area contributed by atoms with E-state index in [2.05, 4.69) is 83.8 Å². The van der Waals surface area contributed by atoms with Crippen molar-refractivity contribution in [1.82, 2.24) is 40.3 Å². The molecule has 17 heteroatoms. The number of carbonyl (C=O) groups is 4. The Bertz CT molecular complexity index is 2850. The number of likely N-dealkylation sites (tertiary alicyclic amines) is 2. The summed E-state index contributed by atoms with van der Waals surface area (Å²) in [4.78, 5) is 67.8. The number of nitrogens with one attached hydrogen (secondary N) is 4. The Morgan fingerprint density at radius 3 is 2.47 bits per heavy atom. The van der Waals surface area contributed by atoms with E-state index in [4.69, 9.17) is 19.2 Å². The molecule has 0 aliphatic carbocycles. The van der Waals surface area contributed by atoms with E-state index in [1.807, 2.05) is 62.0 Å². The molecular formula is C53H63N9O8. The standard InChI is InChI=1S/C53H63N9O8/c1-30(2)39(26-56-52(65)68-6)50(63)61-22-10-14-44(61)49-55-27-40(57-49)33-16-19-37-45(25-33)70-29-62-42-20-17-34(24-38(42)36(47(37)62)18-15-32-11-8-12-35(23-32)67-5)48-54-28-41(58-48)43-13-9-21-60(43)51(64)46(31(3)4)59-53(66)69-7/h8,11-12,16-17,19-20,23-28,30-31,39,43-44,46,49,55,57H,9-10,13-15,18,21-22,29H2,1-7H3,(H,54,58)(H,59,66)/b56-26+/t39?,43-,44-,46?,49?/m0/s1. The highest BCUT2D eigenvalue weighted by Crippen LogP contribution is 2.44. The number of fused-ring (bicyclic) bond motifs is 5. The van der Waals surface area contributed by atoms with E-state index in [0.717, 1.165) is 100 Å². The summed E-state index contributed by atoms with van der Waals surface area (Å²) in [5.41, 5.74) is 9.11. The van der Waals surface area contributed by atoms with Crippen LogP contribution in [0.4, 0.5) is 9.59 Å². The smallest absolute Gasteiger partial charge is 0.432 e. The number of aryl methyl sites for hydroxylation is 2. The van der Waals surface area contributed by atoms with Crippen LogP contribution in [0.2, 0.25) is 0 Å². The van der Waals surface area contributed by atoms with Crippen molar-refractivity contribution in [2.75, 3.05) is 34.4 Å². The van der Waals surface area contributed by atoms with Gasteiger partial charge in [-0.2, -0.15) is 4.99 Å². The molecule has 4 aliphatic rings. The minimum Gasteiger partial charge on any atom is -0.497 e. The third-order valence-electron chi connectivity index (χ3n) is 14.2. The molecule has 17 nitrogen and oxygen atoms in total. The van der Waals surface area contributed by atoms with Gasteiger partial charge in [-0.1, -0.05) is 45.9 Å². The molecule has 0 radical (unpaired) electrons. The lowest BCUT2D eigenvalue weighted by Gasteiger charge is -2.33. The summed E-state index contributed by atoms with van der Waals surface area (Å²) in [5, 5.41) is 11.0. The van der Waals surface area contributed by atoms with E-state index < -0.39 is 24.1 Å². The van der Waals surface area contributed by atoms with Crippen molar-refractivity contribution in [3.63, 3.8) is 0 Å². The molecule has 70 heavy (non-hydrogen) atoms. The molecule has 2 fully saturated rings. The summed E-state index contributed by atoms with van der Waals surface area (Å²) in [6, 6.07) is 19.9. The number of amides is 4. The van der Waals surface area contributed by atoms with Gasteiger partial charge in [-0.25, -0.2) is 14.6 Å². The zero-order valence-corrected chi connectivity index (χ0v) is 40.9. The summed E-state index contributed by atoms with van der Waals surface area (Å²) >= 11 is 0. The second-order valence-electron chi connectivity index (χ2n) is 19.2. The number of alkyl carbamates (subject to hydrolysis) is 1. The van der Waals surface area contributed by atoms with Crippen molar-refractivity contribution in [3.8, 4) is 34.1 Å². The fourth-order valence-electron chi connectivity index (χ4n) is 10.5. The lowest BCUT2D eigenvalue weighted by molar-refractivity contribution is -0.136. The second kappa shape index (κ2) is 20.3. The SMILES string of the molecule is COC(=O)/N=C/C(C(=O)N1CCC[C@H]1C1NC=C(c2ccc3c(c2)OCn2c-3c(CCc3cccc(OC)c3)c3cc(-c4ncc([C@@H]5CCCN5C(=O)C(NC(=O)OC)C(C)C)[nH]4)ccc32)N1)C(C)C. The number of ether oxygens (including phenoxy) is 4. The van der Waals surface area contributed by atoms with Gasteiger partial charge in [0.05, 0.1) is 68.1 Å². The van der Waals surface area contributed by atoms with E-state index in [1.165, 1.54) is 26.0 Å². The second-order valence-corrected chi connectivity index (χ2v) is 19.2. The number of aromatic amines is 1. The Hall–Kier alpha value is -7.30. The minimum absolute atomic E-state index is 0.0557. The van der Waals surface area contributed by atoms with Crippen LogP contribution >= 0.6 is 0 Å². The van der Waals surface area contributed by atoms with Gasteiger partial charge in [-0.3, -0.25) is 9.59 Å². The Morgan fingerprint density at radius 1 is 0.900 bits per heavy atom. The Morgan fingerprint density at radius 2 is 1.70 bits per heavy atom. The van der Waals surface area contributed by atoms with Crippen LogP contribution in [0, 0.1) is 17.8 Å². The Kier molecular flexibility index (Phi) is 13.9. The van der Waals surface area contributed by atoms with Crippen molar-refractivity contribution < 1.29 is 38.1 Å². The van der Waals surface area contributed by atoms with Crippen LogP contribution in [0.15, 0.2) is 78.1 Å². The summed E-state index contributed by atoms with van der Waals surface area (Å²) in [5.74, 6) is 1.36. The minimum atomic E-state index is -0.726. The van der Waals surface area contributed by atoms with Crippen LogP contribution in [0.5, 0.6) is 11.5 Å². The largest absolute Gasteiger partial charge is 0.497 e. The third-order valence-corrected chi connectivity index (χ3v) is 14.2. The number of benzene rings is 3. The molecule has 0 bridgehead atoms. The number of methoxy groups -OCH3 is 3. The molecule has 0 spiro atoms. The maximum Gasteiger partial charge on any atom is 0.432 e. The van der Waals surface area contributed by atoms with Crippen molar-refractivity contribution in [3.05, 3.63) is 95.4 Å². The highest BCUT2D eigenvalue weighted by Gasteiger charge is 2.40. The van der Waals surface area contributed by atoms with Crippen LogP contribution in [0.25, 0.3) is 39.2 Å². The molecule has 0 saturated carbocycles. The first-order chi connectivity index (χ1) is 33.9. The van der Waals surface area contributed by atoms with Crippen molar-refractivity contribution in [2.24, 2.45) is 22.7 Å². The maximum absolute atomic E-state index is 13.9. The molecular weight excluding hydrogens is 891 g/mol. The highest BCUT2D eigenvalue weighted by molar-refractivity contribution is 5.98. The lowest BCUT2D eigenvalue weighted by Crippen LogP contribution is -2.53. The van der Waals surface area contributed by atoms with Gasteiger partial charge in [0.2, 0.25) is 11.8 Å². The number of hydrogen-bond acceptors (Lipinski definition) is 11. The first kappa shape index (κ1) is 47.8. The van der Waals surface area contributed by atoms with Crippen LogP contribution in [-0.4, -0.2) is 107 Å². The quantitative estimate of drug-likeness (QED) is 0.0794. The fourth-order valence-corrected chi connectivity index (χ4v) is 10.5. The Balaban J connectivity index is 0.992. The van der Waals surface area contributed by atoms with Gasteiger partial charge < -0.3 is 54.2 Å². The molecule has 5 aromatic rings. The predicted octanol–water partition coefficient (Wildman–Crippen LogP) is 7.80. The van der Waals surface area contributed by atoms with Gasteiger partial charge in [-0.15, -0.1) is 0 Å². The molecule has 2 aromatic heterocycles. The molecule has 3 unspecified atom stereocenters. The predicted molar refractivity (Wildman–Crippen MR) is 266 cm³/mol. The van der Waals surface area contributed by atoms with Gasteiger partial charge >= 0.3 is 12.2 Å².